The molecule has 0 spiro atoms. The van der Waals surface area contributed by atoms with Crippen molar-refractivity contribution in [2.75, 3.05) is 13.1 Å². The Morgan fingerprint density at radius 3 is 2.37 bits per heavy atom. The molecule has 1 saturated heterocycles. The number of para-hydroxylation sites is 1. The van der Waals surface area contributed by atoms with Gasteiger partial charge in [-0.05, 0) is 43.1 Å². The molecular weight excluding hydrogens is 350 g/mol. The summed E-state index contributed by atoms with van der Waals surface area (Å²) in [5.41, 5.74) is 4.87. The highest BCUT2D eigenvalue weighted by molar-refractivity contribution is 7.07. The standard InChI is InChI=1S/C23H27N3S/c1-25-22(19-11-5-4-6-12-19)18-27-23(25)24-21-14-8-7-13-20(21)17-26-15-9-2-3-10-16-26/h4-8,11-14,18H,2-3,9-10,15-17H2,1H3. The van der Waals surface area contributed by atoms with Crippen LogP contribution in [0.15, 0.2) is 65.0 Å². The minimum Gasteiger partial charge on any atom is -0.320 e. The van der Waals surface area contributed by atoms with E-state index in [0.717, 1.165) is 17.0 Å². The molecular formula is C23H27N3S. The first-order chi connectivity index (χ1) is 13.3. The quantitative estimate of drug-likeness (QED) is 0.599. The lowest BCUT2D eigenvalue weighted by molar-refractivity contribution is 0.277. The van der Waals surface area contributed by atoms with Crippen LogP contribution in [0.5, 0.6) is 0 Å². The molecule has 0 unspecified atom stereocenters. The maximum atomic E-state index is 5.03. The van der Waals surface area contributed by atoms with Crippen LogP contribution >= 0.6 is 11.3 Å². The Kier molecular flexibility index (Phi) is 5.85. The van der Waals surface area contributed by atoms with Gasteiger partial charge in [-0.1, -0.05) is 61.4 Å². The topological polar surface area (TPSA) is 20.5 Å². The van der Waals surface area contributed by atoms with Crippen LogP contribution in [-0.2, 0) is 13.6 Å². The molecule has 0 amide bonds. The third-order valence-corrected chi connectivity index (χ3v) is 6.21. The Morgan fingerprint density at radius 1 is 0.889 bits per heavy atom. The van der Waals surface area contributed by atoms with Crippen LogP contribution in [0.25, 0.3) is 11.3 Å². The third kappa shape index (κ3) is 4.40. The number of hydrogen-bond acceptors (Lipinski definition) is 3. The summed E-state index contributed by atoms with van der Waals surface area (Å²) in [7, 11) is 2.11. The van der Waals surface area contributed by atoms with Crippen molar-refractivity contribution >= 4 is 17.0 Å². The van der Waals surface area contributed by atoms with E-state index < -0.39 is 0 Å². The van der Waals surface area contributed by atoms with Gasteiger partial charge >= 0.3 is 0 Å². The van der Waals surface area contributed by atoms with Gasteiger partial charge < -0.3 is 4.57 Å². The molecule has 0 radical (unpaired) electrons. The van der Waals surface area contributed by atoms with E-state index in [1.54, 1.807) is 11.3 Å². The largest absolute Gasteiger partial charge is 0.320 e. The molecule has 0 aliphatic carbocycles. The van der Waals surface area contributed by atoms with Crippen LogP contribution in [0.1, 0.15) is 31.2 Å². The van der Waals surface area contributed by atoms with E-state index in [9.17, 15) is 0 Å². The predicted molar refractivity (Wildman–Crippen MR) is 114 cm³/mol. The Bertz CT molecular complexity index is 932. The van der Waals surface area contributed by atoms with Crippen LogP contribution in [0.4, 0.5) is 5.69 Å². The smallest absolute Gasteiger partial charge is 0.190 e. The highest BCUT2D eigenvalue weighted by atomic mass is 32.1. The summed E-state index contributed by atoms with van der Waals surface area (Å²) in [6, 6.07) is 19.1. The molecule has 27 heavy (non-hydrogen) atoms. The molecule has 1 aliphatic heterocycles. The molecule has 3 aromatic rings. The van der Waals surface area contributed by atoms with Crippen molar-refractivity contribution in [3.63, 3.8) is 0 Å². The molecule has 0 atom stereocenters. The summed E-state index contributed by atoms with van der Waals surface area (Å²) in [6.07, 6.45) is 5.38. The first kappa shape index (κ1) is 18.2. The number of benzene rings is 2. The molecule has 1 aliphatic rings. The molecule has 4 heteroatoms. The average molecular weight is 378 g/mol. The van der Waals surface area contributed by atoms with Crippen LogP contribution < -0.4 is 4.80 Å². The first-order valence-corrected chi connectivity index (χ1v) is 10.7. The maximum Gasteiger partial charge on any atom is 0.190 e. The van der Waals surface area contributed by atoms with E-state index in [1.807, 2.05) is 0 Å². The van der Waals surface area contributed by atoms with E-state index in [0.29, 0.717) is 0 Å². The van der Waals surface area contributed by atoms with Gasteiger partial charge in [-0.2, -0.15) is 0 Å². The fraction of sp³-hybridized carbons (Fsp3) is 0.348. The fourth-order valence-corrected chi connectivity index (χ4v) is 4.65. The molecule has 0 saturated carbocycles. The molecule has 0 N–H and O–H groups in total. The summed E-state index contributed by atoms with van der Waals surface area (Å²) in [5.74, 6) is 0. The zero-order valence-electron chi connectivity index (χ0n) is 16.0. The molecule has 2 aromatic carbocycles. The lowest BCUT2D eigenvalue weighted by Crippen LogP contribution is -2.24. The fourth-order valence-electron chi connectivity index (χ4n) is 3.73. The summed E-state index contributed by atoms with van der Waals surface area (Å²) in [6.45, 7) is 3.42. The van der Waals surface area contributed by atoms with E-state index >= 15 is 0 Å². The average Bonchev–Trinajstić information content (AvgIpc) is 2.90. The zero-order chi connectivity index (χ0) is 18.5. The molecule has 3 nitrogen and oxygen atoms in total. The summed E-state index contributed by atoms with van der Waals surface area (Å²) < 4.78 is 2.20. The number of likely N-dealkylation sites (tertiary alicyclic amines) is 1. The molecule has 2 heterocycles. The maximum absolute atomic E-state index is 5.03. The zero-order valence-corrected chi connectivity index (χ0v) is 16.8. The normalized spacial score (nSPS) is 16.4. The van der Waals surface area contributed by atoms with Crippen LogP contribution in [-0.4, -0.2) is 22.6 Å². The first-order valence-electron chi connectivity index (χ1n) is 9.86. The van der Waals surface area contributed by atoms with Gasteiger partial charge in [0.1, 0.15) is 0 Å². The monoisotopic (exact) mass is 377 g/mol. The Hall–Kier alpha value is -2.17. The van der Waals surface area contributed by atoms with Gasteiger partial charge in [-0.15, -0.1) is 11.3 Å². The van der Waals surface area contributed by atoms with Crippen molar-refractivity contribution in [3.05, 3.63) is 70.3 Å². The summed E-state index contributed by atoms with van der Waals surface area (Å²) in [4.78, 5) is 8.66. The van der Waals surface area contributed by atoms with Gasteiger partial charge in [-0.25, -0.2) is 4.99 Å². The third-order valence-electron chi connectivity index (χ3n) is 5.29. The second-order valence-corrected chi connectivity index (χ2v) is 8.10. The van der Waals surface area contributed by atoms with Crippen LogP contribution in [0.3, 0.4) is 0 Å². The van der Waals surface area contributed by atoms with Crippen molar-refractivity contribution in [3.8, 4) is 11.3 Å². The second kappa shape index (κ2) is 8.68. The number of aromatic nitrogens is 1. The SMILES string of the molecule is Cn1c(-c2ccccc2)csc1=Nc1ccccc1CN1CCCCCC1. The highest BCUT2D eigenvalue weighted by Gasteiger charge is 2.12. The van der Waals surface area contributed by atoms with Crippen molar-refractivity contribution in [1.29, 1.82) is 0 Å². The van der Waals surface area contributed by atoms with Crippen molar-refractivity contribution < 1.29 is 0 Å². The Balaban J connectivity index is 1.64. The lowest BCUT2D eigenvalue weighted by atomic mass is 10.1. The van der Waals surface area contributed by atoms with Gasteiger partial charge in [0.15, 0.2) is 4.80 Å². The summed E-state index contributed by atoms with van der Waals surface area (Å²) >= 11 is 1.71. The molecule has 0 bridgehead atoms. The van der Waals surface area contributed by atoms with Crippen molar-refractivity contribution in [1.82, 2.24) is 9.47 Å². The van der Waals surface area contributed by atoms with E-state index in [2.05, 4.69) is 76.5 Å². The van der Waals surface area contributed by atoms with Gasteiger partial charge in [-0.3, -0.25) is 4.90 Å². The number of thiazole rings is 1. The minimum atomic E-state index is 1.00. The second-order valence-electron chi connectivity index (χ2n) is 7.26. The molecule has 140 valence electrons. The lowest BCUT2D eigenvalue weighted by Gasteiger charge is -2.20. The minimum absolute atomic E-state index is 1.00. The van der Waals surface area contributed by atoms with Gasteiger partial charge in [0, 0.05) is 19.0 Å². The Labute approximate surface area is 165 Å². The molecule has 1 fully saturated rings. The van der Waals surface area contributed by atoms with Crippen LogP contribution in [0, 0.1) is 0 Å². The van der Waals surface area contributed by atoms with Crippen molar-refractivity contribution in [2.24, 2.45) is 12.0 Å². The highest BCUT2D eigenvalue weighted by Crippen LogP contribution is 2.23. The Morgan fingerprint density at radius 2 is 1.59 bits per heavy atom. The summed E-state index contributed by atoms with van der Waals surface area (Å²) in [5, 5.41) is 2.20. The number of rotatable bonds is 4. The van der Waals surface area contributed by atoms with Crippen LogP contribution in [0.2, 0.25) is 0 Å². The van der Waals surface area contributed by atoms with Gasteiger partial charge in [0.2, 0.25) is 0 Å². The predicted octanol–water partition coefficient (Wildman–Crippen LogP) is 5.36. The number of nitrogens with zero attached hydrogens (tertiary/aromatic N) is 3. The van der Waals surface area contributed by atoms with E-state index in [-0.39, 0.29) is 0 Å². The van der Waals surface area contributed by atoms with E-state index in [4.69, 9.17) is 4.99 Å². The molecule has 1 aromatic heterocycles. The van der Waals surface area contributed by atoms with Gasteiger partial charge in [0.25, 0.3) is 0 Å². The molecule has 4 rings (SSSR count). The van der Waals surface area contributed by atoms with E-state index in [1.165, 1.54) is 55.6 Å². The van der Waals surface area contributed by atoms with Gasteiger partial charge in [0.05, 0.1) is 11.4 Å². The number of hydrogen-bond donors (Lipinski definition) is 0. The van der Waals surface area contributed by atoms with Crippen molar-refractivity contribution in [2.45, 2.75) is 32.2 Å².